The Morgan fingerprint density at radius 3 is 2.92 bits per heavy atom. The Kier molecular flexibility index (Phi) is 9.04. The zero-order valence-electron chi connectivity index (χ0n) is 28.0. The van der Waals surface area contributed by atoms with Crippen LogP contribution in [0.15, 0.2) is 65.2 Å². The van der Waals surface area contributed by atoms with E-state index in [1.54, 1.807) is 25.4 Å². The van der Waals surface area contributed by atoms with Crippen molar-refractivity contribution in [2.75, 3.05) is 49.8 Å². The topological polar surface area (TPSA) is 111 Å². The maximum Gasteiger partial charge on any atom is 0.286 e. The second-order valence-electron chi connectivity index (χ2n) is 14.0. The molecule has 2 amide bonds. The van der Waals surface area contributed by atoms with Crippen LogP contribution in [0.2, 0.25) is 5.02 Å². The van der Waals surface area contributed by atoms with Crippen LogP contribution in [0.1, 0.15) is 63.2 Å². The number of fused-ring (bicyclic) bond motifs is 8. The number of ether oxygens (including phenoxy) is 3. The minimum atomic E-state index is -3.48. The molecular weight excluding hydrogens is 696 g/mol. The van der Waals surface area contributed by atoms with Gasteiger partial charge in [0.25, 0.3) is 11.8 Å². The van der Waals surface area contributed by atoms with Gasteiger partial charge in [0.15, 0.2) is 0 Å². The summed E-state index contributed by atoms with van der Waals surface area (Å²) in [6.45, 7) is 3.51. The van der Waals surface area contributed by atoms with Gasteiger partial charge in [-0.15, -0.1) is 16.1 Å². The maximum absolute atomic E-state index is 14.4. The summed E-state index contributed by atoms with van der Waals surface area (Å²) in [7, 11) is -1.72. The fraction of sp³-hybridized carbons (Fsp3) is 0.459. The van der Waals surface area contributed by atoms with E-state index in [4.69, 9.17) is 25.8 Å². The molecule has 13 heteroatoms. The second-order valence-corrected chi connectivity index (χ2v) is 18.0. The number of aryl methyl sites for hydroxylation is 1. The number of rotatable bonds is 3. The third kappa shape index (κ3) is 6.49. The average Bonchev–Trinajstić information content (AvgIpc) is 3.47. The number of anilines is 1. The number of benzene rings is 2. The summed E-state index contributed by atoms with van der Waals surface area (Å²) in [6.07, 6.45) is 9.67. The van der Waals surface area contributed by atoms with Gasteiger partial charge in [-0.2, -0.15) is 0 Å². The van der Waals surface area contributed by atoms with Gasteiger partial charge in [-0.1, -0.05) is 29.8 Å². The molecule has 2 atom stereocenters. The summed E-state index contributed by atoms with van der Waals surface area (Å²) in [5.74, 6) is 0.864. The molecular formula is C37H41ClN4O6S2. The summed E-state index contributed by atoms with van der Waals surface area (Å²) >= 11 is 8.34. The minimum Gasteiger partial charge on any atom is -0.490 e. The monoisotopic (exact) mass is 736 g/mol. The number of allylic oxidation sites excluding steroid dienone is 1. The Morgan fingerprint density at radius 1 is 1.20 bits per heavy atom. The molecule has 3 aromatic rings. The highest BCUT2D eigenvalue weighted by Gasteiger charge is 2.47. The van der Waals surface area contributed by atoms with Crippen LogP contribution in [0.4, 0.5) is 5.69 Å². The van der Waals surface area contributed by atoms with E-state index in [2.05, 4.69) is 38.3 Å². The molecule has 6 heterocycles. The predicted octanol–water partition coefficient (Wildman–Crippen LogP) is 6.15. The van der Waals surface area contributed by atoms with Crippen LogP contribution in [-0.4, -0.2) is 71.1 Å². The van der Waals surface area contributed by atoms with E-state index in [0.717, 1.165) is 48.0 Å². The highest BCUT2D eigenvalue weighted by Crippen LogP contribution is 2.50. The molecule has 1 unspecified atom stereocenters. The third-order valence-corrected chi connectivity index (χ3v) is 14.1. The Morgan fingerprint density at radius 2 is 2.08 bits per heavy atom. The predicted molar refractivity (Wildman–Crippen MR) is 196 cm³/mol. The second kappa shape index (κ2) is 13.4. The summed E-state index contributed by atoms with van der Waals surface area (Å²) in [6, 6.07) is 13.2. The van der Waals surface area contributed by atoms with E-state index in [0.29, 0.717) is 68.5 Å². The zero-order chi connectivity index (χ0) is 34.5. The molecule has 1 aromatic heterocycles. The lowest BCUT2D eigenvalue weighted by molar-refractivity contribution is -0.0640. The number of carbonyl (C=O) groups excluding carboxylic acids is 2. The van der Waals surface area contributed by atoms with Gasteiger partial charge in [0.1, 0.15) is 22.3 Å². The Bertz CT molecular complexity index is 1970. The average molecular weight is 737 g/mol. The van der Waals surface area contributed by atoms with Crippen LogP contribution in [0, 0.1) is 5.92 Å². The van der Waals surface area contributed by atoms with Crippen LogP contribution in [0.3, 0.4) is 0 Å². The van der Waals surface area contributed by atoms with E-state index in [-0.39, 0.29) is 16.1 Å². The first-order chi connectivity index (χ1) is 24.2. The molecule has 1 spiro atoms. The van der Waals surface area contributed by atoms with E-state index in [9.17, 15) is 13.8 Å². The molecule has 1 saturated carbocycles. The van der Waals surface area contributed by atoms with Gasteiger partial charge in [0.05, 0.1) is 40.6 Å². The number of hydrogen-bond donors (Lipinski definition) is 1. The number of methoxy groups -OCH3 is 1. The molecule has 4 bridgehead atoms. The molecule has 10 nitrogen and oxygen atoms in total. The number of amides is 2. The van der Waals surface area contributed by atoms with Crippen molar-refractivity contribution in [3.05, 3.63) is 93.8 Å². The fourth-order valence-electron chi connectivity index (χ4n) is 7.99. The lowest BCUT2D eigenvalue weighted by Gasteiger charge is -2.48. The SMILES string of the molecule is COC12/C=C/CCCS(=O)(NC(=O)c3cc4n(c3)CCOC4)=NC(=O)c3ccc4c(c3)N(CC(C1)C2)C[C@]1(CO4)SCCc2cc(Cl)ccc21. The van der Waals surface area contributed by atoms with Crippen LogP contribution >= 0.6 is 23.4 Å². The standard InChI is InChI=1S/C37H41ClN4O6S2/c1-46-36-10-3-2-4-14-50(45,40-35(44)28-16-30-22-47-12-11-41(30)21-28)39-34(43)27-5-8-33-32(17-27)42(20-25(18-36)19-36)23-37(24-48-33)31-7-6-29(38)15-26(31)9-13-49-37/h3,5-8,10,15-17,21,25H,2,4,9,11-14,18-20,22-24H2,1H3,(H,39,40,43,44,45)/b10-3+/t25?,36?,37-,50?/m1/s1. The molecule has 5 aliphatic heterocycles. The van der Waals surface area contributed by atoms with Crippen LogP contribution < -0.4 is 14.4 Å². The van der Waals surface area contributed by atoms with Gasteiger partial charge in [-0.05, 0) is 91.3 Å². The molecule has 0 saturated heterocycles. The van der Waals surface area contributed by atoms with Crippen LogP contribution in [0.25, 0.3) is 0 Å². The number of thioether (sulfide) groups is 1. The van der Waals surface area contributed by atoms with Crippen molar-refractivity contribution in [3.8, 4) is 5.75 Å². The summed E-state index contributed by atoms with van der Waals surface area (Å²) in [5, 5.41) is 0.731. The molecule has 264 valence electrons. The van der Waals surface area contributed by atoms with Gasteiger partial charge >= 0.3 is 0 Å². The van der Waals surface area contributed by atoms with Gasteiger partial charge in [-0.3, -0.25) is 14.3 Å². The van der Waals surface area contributed by atoms with E-state index in [1.165, 1.54) is 11.1 Å². The van der Waals surface area contributed by atoms with E-state index >= 15 is 0 Å². The normalized spacial score (nSPS) is 29.8. The maximum atomic E-state index is 14.4. The highest BCUT2D eigenvalue weighted by atomic mass is 35.5. The quantitative estimate of drug-likeness (QED) is 0.319. The van der Waals surface area contributed by atoms with Crippen LogP contribution in [-0.2, 0) is 43.7 Å². The van der Waals surface area contributed by atoms with Gasteiger partial charge in [0.2, 0.25) is 0 Å². The zero-order valence-corrected chi connectivity index (χ0v) is 30.4. The highest BCUT2D eigenvalue weighted by molar-refractivity contribution is 8.00. The lowest BCUT2D eigenvalue weighted by atomic mass is 9.70. The number of carbonyl (C=O) groups is 2. The molecule has 1 aliphatic carbocycles. The number of aromatic nitrogens is 1. The van der Waals surface area contributed by atoms with Crippen molar-refractivity contribution in [2.24, 2.45) is 10.3 Å². The first-order valence-electron chi connectivity index (χ1n) is 17.2. The number of nitrogens with one attached hydrogen (secondary N) is 1. The lowest BCUT2D eigenvalue weighted by Crippen LogP contribution is -2.51. The van der Waals surface area contributed by atoms with Gasteiger partial charge < -0.3 is 23.7 Å². The molecule has 50 heavy (non-hydrogen) atoms. The third-order valence-electron chi connectivity index (χ3n) is 10.6. The van der Waals surface area contributed by atoms with Crippen molar-refractivity contribution in [1.29, 1.82) is 0 Å². The largest absolute Gasteiger partial charge is 0.490 e. The van der Waals surface area contributed by atoms with Crippen molar-refractivity contribution in [3.63, 3.8) is 0 Å². The Labute approximate surface area is 302 Å². The number of halogens is 1. The summed E-state index contributed by atoms with van der Waals surface area (Å²) < 4.78 is 41.1. The number of hydrogen-bond acceptors (Lipinski definition) is 8. The van der Waals surface area contributed by atoms with Crippen LogP contribution in [0.5, 0.6) is 5.75 Å². The smallest absolute Gasteiger partial charge is 0.286 e. The molecule has 9 rings (SSSR count). The van der Waals surface area contributed by atoms with E-state index in [1.807, 2.05) is 34.5 Å². The van der Waals surface area contributed by atoms with Crippen molar-refractivity contribution < 1.29 is 28.0 Å². The first-order valence-corrected chi connectivity index (χ1v) is 20.3. The van der Waals surface area contributed by atoms with Gasteiger partial charge in [-0.25, -0.2) is 4.21 Å². The minimum absolute atomic E-state index is 0.0252. The van der Waals surface area contributed by atoms with E-state index < -0.39 is 21.7 Å². The fourth-order valence-corrected chi connectivity index (χ4v) is 11.2. The molecule has 1 fully saturated rings. The Hall–Kier alpha value is -3.29. The number of nitrogens with zero attached hydrogens (tertiary/aromatic N) is 3. The van der Waals surface area contributed by atoms with Gasteiger partial charge in [0, 0.05) is 49.2 Å². The molecule has 2 aromatic carbocycles. The van der Waals surface area contributed by atoms with Crippen molar-refractivity contribution >= 4 is 50.8 Å². The Balaban J connectivity index is 1.16. The molecule has 1 N–H and O–H groups in total. The molecule has 6 aliphatic rings. The molecule has 0 radical (unpaired) electrons. The van der Waals surface area contributed by atoms with Crippen molar-refractivity contribution in [2.45, 2.75) is 55.6 Å². The van der Waals surface area contributed by atoms with Crippen molar-refractivity contribution in [1.82, 2.24) is 9.29 Å². The first kappa shape index (κ1) is 33.8. The summed E-state index contributed by atoms with van der Waals surface area (Å²) in [4.78, 5) is 29.7. The summed E-state index contributed by atoms with van der Waals surface area (Å²) in [5.41, 5.74) is 4.45.